The Labute approximate surface area is 68.2 Å². The highest BCUT2D eigenvalue weighted by molar-refractivity contribution is 6.33. The molecule has 0 unspecified atom stereocenters. The molecule has 1 N–H and O–H groups in total. The molecule has 1 aromatic rings. The number of hydrogen-bond acceptors (Lipinski definition) is 1. The summed E-state index contributed by atoms with van der Waals surface area (Å²) >= 11 is 0. The first kappa shape index (κ1) is 9.13. The van der Waals surface area contributed by atoms with Gasteiger partial charge in [-0.05, 0) is 17.1 Å². The second-order valence-corrected chi connectivity index (χ2v) is 2.43. The molecule has 1 rings (SSSR count). The molecule has 0 saturated carbocycles. The van der Waals surface area contributed by atoms with Gasteiger partial charge in [-0.25, -0.2) is 13.2 Å². The Bertz CT molecular complexity index is 314. The maximum absolute atomic E-state index is 12.7. The zero-order valence-corrected chi connectivity index (χ0v) is 6.37. The maximum Gasteiger partial charge on any atom is 0.193 e. The molecule has 0 aliphatic rings. The zero-order chi connectivity index (χ0) is 9.30. The van der Waals surface area contributed by atoms with Gasteiger partial charge in [-0.2, -0.15) is 0 Å². The van der Waals surface area contributed by atoms with Gasteiger partial charge in [0.25, 0.3) is 0 Å². The quantitative estimate of drug-likeness (QED) is 0.463. The van der Waals surface area contributed by atoms with Crippen molar-refractivity contribution in [2.24, 2.45) is 0 Å². The van der Waals surface area contributed by atoms with E-state index in [2.05, 4.69) is 0 Å². The molecule has 0 radical (unpaired) electrons. The van der Waals surface area contributed by atoms with E-state index in [1.807, 2.05) is 0 Å². The third-order valence-electron chi connectivity index (χ3n) is 1.68. The largest absolute Gasteiger partial charge is 0.392 e. The van der Waals surface area contributed by atoms with E-state index >= 15 is 0 Å². The van der Waals surface area contributed by atoms with Crippen LogP contribution in [0.4, 0.5) is 13.2 Å². The van der Waals surface area contributed by atoms with E-state index in [0.29, 0.717) is 0 Å². The van der Waals surface area contributed by atoms with Gasteiger partial charge in [-0.15, -0.1) is 0 Å². The molecule has 0 amide bonds. The Morgan fingerprint density at radius 3 is 2.33 bits per heavy atom. The smallest absolute Gasteiger partial charge is 0.193 e. The minimum Gasteiger partial charge on any atom is -0.392 e. The summed E-state index contributed by atoms with van der Waals surface area (Å²) in [6.45, 7) is -0.500. The van der Waals surface area contributed by atoms with E-state index < -0.39 is 24.1 Å². The Morgan fingerprint density at radius 1 is 1.25 bits per heavy atom. The van der Waals surface area contributed by atoms with Crippen LogP contribution in [0.15, 0.2) is 6.07 Å². The molecular weight excluding hydrogens is 168 g/mol. The molecule has 0 spiro atoms. The summed E-state index contributed by atoms with van der Waals surface area (Å²) in [5, 5.41) is 8.60. The van der Waals surface area contributed by atoms with Crippen LogP contribution >= 0.6 is 0 Å². The summed E-state index contributed by atoms with van der Waals surface area (Å²) in [5.74, 6) is -4.01. The van der Waals surface area contributed by atoms with Crippen molar-refractivity contribution in [3.05, 3.63) is 29.1 Å². The topological polar surface area (TPSA) is 20.2 Å². The van der Waals surface area contributed by atoms with Crippen LogP contribution in [0.25, 0.3) is 0 Å². The minimum absolute atomic E-state index is 0.0589. The van der Waals surface area contributed by atoms with Gasteiger partial charge in [0.05, 0.1) is 6.61 Å². The van der Waals surface area contributed by atoms with Gasteiger partial charge in [-0.3, -0.25) is 0 Å². The fourth-order valence-electron chi connectivity index (χ4n) is 0.899. The average molecular weight is 174 g/mol. The second kappa shape index (κ2) is 3.19. The Hall–Kier alpha value is -0.965. The lowest BCUT2D eigenvalue weighted by Gasteiger charge is -2.04. The van der Waals surface area contributed by atoms with E-state index in [4.69, 9.17) is 5.11 Å². The number of benzene rings is 1. The van der Waals surface area contributed by atoms with Crippen molar-refractivity contribution in [3.63, 3.8) is 0 Å². The molecule has 0 aromatic heterocycles. The molecule has 0 fully saturated rings. The first-order chi connectivity index (χ1) is 5.57. The van der Waals surface area contributed by atoms with Crippen molar-refractivity contribution in [2.45, 2.75) is 6.61 Å². The standard InChI is InChI=1S/C7H6BF3O/c8-5-3(2-12)1-4(9)6(10)7(5)11/h1,12H,2,8H2. The van der Waals surface area contributed by atoms with Gasteiger partial charge in [0, 0.05) is 0 Å². The van der Waals surface area contributed by atoms with Gasteiger partial charge >= 0.3 is 0 Å². The molecule has 0 atom stereocenters. The summed E-state index contributed by atoms with van der Waals surface area (Å²) in [6.07, 6.45) is 0. The Kier molecular flexibility index (Phi) is 2.42. The van der Waals surface area contributed by atoms with Crippen molar-refractivity contribution in [3.8, 4) is 0 Å². The lowest BCUT2D eigenvalue weighted by Crippen LogP contribution is -2.18. The summed E-state index contributed by atoms with van der Waals surface area (Å²) in [4.78, 5) is 0. The van der Waals surface area contributed by atoms with Crippen molar-refractivity contribution in [1.29, 1.82) is 0 Å². The lowest BCUT2D eigenvalue weighted by molar-refractivity contribution is 0.281. The minimum atomic E-state index is -1.50. The summed E-state index contributed by atoms with van der Waals surface area (Å²) in [6, 6.07) is 0.785. The van der Waals surface area contributed by atoms with Gasteiger partial charge in [0.2, 0.25) is 0 Å². The van der Waals surface area contributed by atoms with Gasteiger partial charge in [-0.1, -0.05) is 0 Å². The molecule has 0 heterocycles. The molecule has 64 valence electrons. The van der Waals surface area contributed by atoms with Crippen LogP contribution in [0.3, 0.4) is 0 Å². The van der Waals surface area contributed by atoms with Crippen LogP contribution < -0.4 is 5.46 Å². The fraction of sp³-hybridized carbons (Fsp3) is 0.143. The van der Waals surface area contributed by atoms with Crippen LogP contribution in [-0.2, 0) is 6.61 Å². The first-order valence-electron chi connectivity index (χ1n) is 3.31. The van der Waals surface area contributed by atoms with Gasteiger partial charge < -0.3 is 5.11 Å². The molecule has 12 heavy (non-hydrogen) atoms. The van der Waals surface area contributed by atoms with Crippen LogP contribution in [0.2, 0.25) is 0 Å². The molecule has 0 aliphatic heterocycles. The number of rotatable bonds is 1. The molecule has 5 heteroatoms. The van der Waals surface area contributed by atoms with Gasteiger partial charge in [0.1, 0.15) is 7.85 Å². The normalized spacial score (nSPS) is 10.3. The summed E-state index contributed by atoms with van der Waals surface area (Å²) in [7, 11) is 1.28. The fourth-order valence-corrected chi connectivity index (χ4v) is 0.899. The first-order valence-corrected chi connectivity index (χ1v) is 3.31. The predicted molar refractivity (Wildman–Crippen MR) is 40.4 cm³/mol. The Balaban J connectivity index is 3.39. The highest BCUT2D eigenvalue weighted by Crippen LogP contribution is 2.10. The second-order valence-electron chi connectivity index (χ2n) is 2.43. The van der Waals surface area contributed by atoms with E-state index in [0.717, 1.165) is 6.07 Å². The average Bonchev–Trinajstić information content (AvgIpc) is 2.08. The monoisotopic (exact) mass is 174 g/mol. The summed E-state index contributed by atoms with van der Waals surface area (Å²) in [5.41, 5.74) is 0.00259. The molecule has 0 bridgehead atoms. The Morgan fingerprint density at radius 2 is 1.83 bits per heavy atom. The van der Waals surface area contributed by atoms with Crippen molar-refractivity contribution in [1.82, 2.24) is 0 Å². The molecule has 1 aromatic carbocycles. The molecule has 0 saturated heterocycles. The highest BCUT2D eigenvalue weighted by Gasteiger charge is 2.14. The van der Waals surface area contributed by atoms with Crippen LogP contribution in [0, 0.1) is 17.5 Å². The van der Waals surface area contributed by atoms with E-state index in [1.165, 1.54) is 7.85 Å². The third kappa shape index (κ3) is 1.32. The van der Waals surface area contributed by atoms with Crippen molar-refractivity contribution < 1.29 is 18.3 Å². The van der Waals surface area contributed by atoms with Gasteiger partial charge in [0.15, 0.2) is 17.5 Å². The number of aliphatic hydroxyl groups is 1. The van der Waals surface area contributed by atoms with Crippen molar-refractivity contribution >= 4 is 13.3 Å². The summed E-state index contributed by atoms with van der Waals surface area (Å²) < 4.78 is 37.7. The number of hydrogen-bond donors (Lipinski definition) is 1. The van der Waals surface area contributed by atoms with E-state index in [1.54, 1.807) is 0 Å². The zero-order valence-electron chi connectivity index (χ0n) is 6.37. The maximum atomic E-state index is 12.7. The van der Waals surface area contributed by atoms with Crippen LogP contribution in [0.5, 0.6) is 0 Å². The molecule has 0 aliphatic carbocycles. The number of aliphatic hydroxyl groups excluding tert-OH is 1. The lowest BCUT2D eigenvalue weighted by atomic mass is 9.90. The molecule has 1 nitrogen and oxygen atoms in total. The third-order valence-corrected chi connectivity index (χ3v) is 1.68. The number of halogens is 3. The van der Waals surface area contributed by atoms with Crippen molar-refractivity contribution in [2.75, 3.05) is 0 Å². The van der Waals surface area contributed by atoms with Crippen LogP contribution in [-0.4, -0.2) is 13.0 Å². The SMILES string of the molecule is Bc1c(CO)cc(F)c(F)c1F. The van der Waals surface area contributed by atoms with E-state index in [9.17, 15) is 13.2 Å². The molecular formula is C7H6BF3O. The predicted octanol–water partition coefficient (Wildman–Crippen LogP) is -0.145. The highest BCUT2D eigenvalue weighted by atomic mass is 19.2. The van der Waals surface area contributed by atoms with Crippen LogP contribution in [0.1, 0.15) is 5.56 Å². The van der Waals surface area contributed by atoms with E-state index in [-0.39, 0.29) is 11.0 Å².